The number of rotatable bonds is 5. The molecule has 0 saturated heterocycles. The molecule has 0 aliphatic heterocycles. The molecule has 0 aliphatic rings. The van der Waals surface area contributed by atoms with Crippen molar-refractivity contribution < 1.29 is 9.53 Å². The van der Waals surface area contributed by atoms with E-state index >= 15 is 0 Å². The van der Waals surface area contributed by atoms with Gasteiger partial charge in [0.15, 0.2) is 0 Å². The SMILES string of the molecule is CC(C)COc1ccc(NC(=O)c2cc3ccccc3c(=O)[nH]2)cc1Cl. The molecule has 0 bridgehead atoms. The summed E-state index contributed by atoms with van der Waals surface area (Å²) >= 11 is 6.21. The van der Waals surface area contributed by atoms with E-state index in [0.29, 0.717) is 39.8 Å². The van der Waals surface area contributed by atoms with Crippen LogP contribution in [0.2, 0.25) is 5.02 Å². The molecule has 6 heteroatoms. The largest absolute Gasteiger partial charge is 0.492 e. The molecule has 0 saturated carbocycles. The Bertz CT molecular complexity index is 1010. The van der Waals surface area contributed by atoms with Crippen molar-refractivity contribution in [1.29, 1.82) is 0 Å². The van der Waals surface area contributed by atoms with Crippen LogP contribution in [0.1, 0.15) is 24.3 Å². The van der Waals surface area contributed by atoms with Crippen LogP contribution in [0, 0.1) is 5.92 Å². The Morgan fingerprint density at radius 2 is 1.96 bits per heavy atom. The van der Waals surface area contributed by atoms with Crippen molar-refractivity contribution >= 4 is 34.0 Å². The molecule has 0 aliphatic carbocycles. The lowest BCUT2D eigenvalue weighted by molar-refractivity contribution is 0.102. The predicted octanol–water partition coefficient (Wildman–Crippen LogP) is 4.47. The molecular weight excluding hydrogens is 352 g/mol. The number of hydrogen-bond acceptors (Lipinski definition) is 3. The molecule has 0 radical (unpaired) electrons. The van der Waals surface area contributed by atoms with E-state index in [1.807, 2.05) is 19.9 Å². The van der Waals surface area contributed by atoms with Gasteiger partial charge in [-0.2, -0.15) is 0 Å². The number of carbonyl (C=O) groups excluding carboxylic acids is 1. The summed E-state index contributed by atoms with van der Waals surface area (Å²) in [7, 11) is 0. The van der Waals surface area contributed by atoms with Crippen molar-refractivity contribution in [3.05, 3.63) is 69.6 Å². The van der Waals surface area contributed by atoms with Crippen LogP contribution in [0.3, 0.4) is 0 Å². The topological polar surface area (TPSA) is 71.2 Å². The summed E-state index contributed by atoms with van der Waals surface area (Å²) in [5.74, 6) is 0.535. The monoisotopic (exact) mass is 370 g/mol. The minimum atomic E-state index is -0.417. The van der Waals surface area contributed by atoms with Crippen LogP contribution < -0.4 is 15.6 Å². The zero-order chi connectivity index (χ0) is 18.7. The maximum atomic E-state index is 12.5. The molecule has 5 nitrogen and oxygen atoms in total. The number of amides is 1. The second kappa shape index (κ2) is 7.62. The summed E-state index contributed by atoms with van der Waals surface area (Å²) in [4.78, 5) is 27.2. The molecule has 3 rings (SSSR count). The Labute approximate surface area is 156 Å². The average Bonchev–Trinajstić information content (AvgIpc) is 2.61. The van der Waals surface area contributed by atoms with Gasteiger partial charge in [-0.1, -0.05) is 43.6 Å². The predicted molar refractivity (Wildman–Crippen MR) is 104 cm³/mol. The summed E-state index contributed by atoms with van der Waals surface area (Å²) in [6, 6.07) is 13.8. The number of hydrogen-bond donors (Lipinski definition) is 2. The third-order valence-corrected chi connectivity index (χ3v) is 4.06. The first-order valence-corrected chi connectivity index (χ1v) is 8.67. The van der Waals surface area contributed by atoms with E-state index in [2.05, 4.69) is 10.3 Å². The molecule has 2 N–H and O–H groups in total. The number of aromatic amines is 1. The van der Waals surface area contributed by atoms with Gasteiger partial charge >= 0.3 is 0 Å². The zero-order valence-electron chi connectivity index (χ0n) is 14.5. The maximum absolute atomic E-state index is 12.5. The second-order valence-electron chi connectivity index (χ2n) is 6.40. The summed E-state index contributed by atoms with van der Waals surface area (Å²) < 4.78 is 5.61. The standard InChI is InChI=1S/C20H19ClN2O3/c1-12(2)11-26-18-8-7-14(10-16(18)21)22-20(25)17-9-13-5-3-4-6-15(13)19(24)23-17/h3-10,12H,11H2,1-2H3,(H,22,25)(H,23,24). The molecule has 134 valence electrons. The molecule has 1 amide bonds. The van der Waals surface area contributed by atoms with Gasteiger partial charge in [-0.05, 0) is 41.6 Å². The first-order valence-electron chi connectivity index (χ1n) is 8.30. The van der Waals surface area contributed by atoms with Gasteiger partial charge in [0.25, 0.3) is 11.5 Å². The number of carbonyl (C=O) groups is 1. The fraction of sp³-hybridized carbons (Fsp3) is 0.200. The summed E-state index contributed by atoms with van der Waals surface area (Å²) in [5, 5.41) is 4.39. The Balaban J connectivity index is 1.80. The number of H-pyrrole nitrogens is 1. The van der Waals surface area contributed by atoms with Crippen molar-refractivity contribution in [3.63, 3.8) is 0 Å². The highest BCUT2D eigenvalue weighted by molar-refractivity contribution is 6.32. The minimum Gasteiger partial charge on any atom is -0.492 e. The number of pyridine rings is 1. The highest BCUT2D eigenvalue weighted by atomic mass is 35.5. The summed E-state index contributed by atoms with van der Waals surface area (Å²) in [5.41, 5.74) is 0.402. The second-order valence-corrected chi connectivity index (χ2v) is 6.81. The van der Waals surface area contributed by atoms with Crippen molar-refractivity contribution in [2.45, 2.75) is 13.8 Å². The number of fused-ring (bicyclic) bond motifs is 1. The lowest BCUT2D eigenvalue weighted by Gasteiger charge is -2.12. The summed E-state index contributed by atoms with van der Waals surface area (Å²) in [6.07, 6.45) is 0. The lowest BCUT2D eigenvalue weighted by atomic mass is 10.1. The van der Waals surface area contributed by atoms with Gasteiger partial charge < -0.3 is 15.0 Å². The number of nitrogens with one attached hydrogen (secondary N) is 2. The fourth-order valence-electron chi connectivity index (χ4n) is 2.48. The number of benzene rings is 2. The number of halogens is 1. The van der Waals surface area contributed by atoms with Crippen molar-refractivity contribution in [2.75, 3.05) is 11.9 Å². The van der Waals surface area contributed by atoms with Gasteiger partial charge in [-0.3, -0.25) is 9.59 Å². The van der Waals surface area contributed by atoms with Crippen LogP contribution in [0.25, 0.3) is 10.8 Å². The minimum absolute atomic E-state index is 0.185. The van der Waals surface area contributed by atoms with E-state index < -0.39 is 5.91 Å². The number of anilines is 1. The first kappa shape index (κ1) is 18.0. The molecule has 1 aromatic heterocycles. The van der Waals surface area contributed by atoms with Gasteiger partial charge in [-0.15, -0.1) is 0 Å². The number of aromatic nitrogens is 1. The maximum Gasteiger partial charge on any atom is 0.272 e. The van der Waals surface area contributed by atoms with Crippen LogP contribution in [0.15, 0.2) is 53.3 Å². The molecule has 26 heavy (non-hydrogen) atoms. The molecule has 1 heterocycles. The Morgan fingerprint density at radius 3 is 2.69 bits per heavy atom. The normalized spacial score (nSPS) is 10.9. The van der Waals surface area contributed by atoms with Crippen LogP contribution in [-0.2, 0) is 0 Å². The first-order chi connectivity index (χ1) is 12.4. The number of ether oxygens (including phenoxy) is 1. The average molecular weight is 371 g/mol. The zero-order valence-corrected chi connectivity index (χ0v) is 15.3. The van der Waals surface area contributed by atoms with Gasteiger partial charge in [0.1, 0.15) is 11.4 Å². The van der Waals surface area contributed by atoms with E-state index in [9.17, 15) is 9.59 Å². The Morgan fingerprint density at radius 1 is 1.19 bits per heavy atom. The van der Waals surface area contributed by atoms with E-state index in [1.54, 1.807) is 42.5 Å². The van der Waals surface area contributed by atoms with E-state index in [1.165, 1.54) is 0 Å². The third-order valence-electron chi connectivity index (χ3n) is 3.76. The van der Waals surface area contributed by atoms with E-state index in [4.69, 9.17) is 16.3 Å². The van der Waals surface area contributed by atoms with Gasteiger partial charge in [-0.25, -0.2) is 0 Å². The van der Waals surface area contributed by atoms with E-state index in [0.717, 1.165) is 0 Å². The fourth-order valence-corrected chi connectivity index (χ4v) is 2.72. The highest BCUT2D eigenvalue weighted by Gasteiger charge is 2.11. The van der Waals surface area contributed by atoms with Crippen LogP contribution >= 0.6 is 11.6 Å². The van der Waals surface area contributed by atoms with Crippen LogP contribution in [-0.4, -0.2) is 17.5 Å². The van der Waals surface area contributed by atoms with Crippen molar-refractivity contribution in [3.8, 4) is 5.75 Å². The molecule has 0 atom stereocenters. The van der Waals surface area contributed by atoms with Gasteiger partial charge in [0, 0.05) is 11.1 Å². The third kappa shape index (κ3) is 4.06. The Kier molecular flexibility index (Phi) is 5.28. The van der Waals surface area contributed by atoms with Gasteiger partial charge in [0.05, 0.1) is 11.6 Å². The van der Waals surface area contributed by atoms with Gasteiger partial charge in [0.2, 0.25) is 0 Å². The molecule has 0 fully saturated rings. The van der Waals surface area contributed by atoms with E-state index in [-0.39, 0.29) is 11.3 Å². The molecule has 3 aromatic rings. The molecular formula is C20H19ClN2O3. The lowest BCUT2D eigenvalue weighted by Crippen LogP contribution is -2.18. The quantitative estimate of drug-likeness (QED) is 0.696. The molecule has 0 spiro atoms. The van der Waals surface area contributed by atoms with Crippen LogP contribution in [0.4, 0.5) is 5.69 Å². The van der Waals surface area contributed by atoms with Crippen molar-refractivity contribution in [2.24, 2.45) is 5.92 Å². The molecule has 0 unspecified atom stereocenters. The Hall–Kier alpha value is -2.79. The smallest absolute Gasteiger partial charge is 0.272 e. The van der Waals surface area contributed by atoms with Crippen LogP contribution in [0.5, 0.6) is 5.75 Å². The highest BCUT2D eigenvalue weighted by Crippen LogP contribution is 2.28. The van der Waals surface area contributed by atoms with Crippen molar-refractivity contribution in [1.82, 2.24) is 4.98 Å². The summed E-state index contributed by atoms with van der Waals surface area (Å²) in [6.45, 7) is 4.66. The molecule has 2 aromatic carbocycles.